The van der Waals surface area contributed by atoms with Crippen molar-refractivity contribution in [2.45, 2.75) is 39.2 Å². The van der Waals surface area contributed by atoms with E-state index in [9.17, 15) is 0 Å². The van der Waals surface area contributed by atoms with Crippen molar-refractivity contribution in [2.75, 3.05) is 13.1 Å². The van der Waals surface area contributed by atoms with E-state index < -0.39 is 0 Å². The maximum absolute atomic E-state index is 4.85. The van der Waals surface area contributed by atoms with Crippen molar-refractivity contribution in [1.82, 2.24) is 24.8 Å². The van der Waals surface area contributed by atoms with Gasteiger partial charge in [0.25, 0.3) is 0 Å². The molecule has 1 saturated heterocycles. The number of H-pyrrole nitrogens is 1. The summed E-state index contributed by atoms with van der Waals surface area (Å²) in [5.74, 6) is 2.15. The van der Waals surface area contributed by atoms with Gasteiger partial charge in [0.15, 0.2) is 5.82 Å². The zero-order valence-corrected chi connectivity index (χ0v) is 15.4. The van der Waals surface area contributed by atoms with Crippen molar-refractivity contribution < 1.29 is 0 Å². The van der Waals surface area contributed by atoms with Crippen LogP contribution in [0.4, 0.5) is 0 Å². The van der Waals surface area contributed by atoms with Crippen LogP contribution < -0.4 is 0 Å². The fraction of sp³-hybridized carbons (Fsp3) is 0.381. The van der Waals surface area contributed by atoms with Crippen LogP contribution in [-0.4, -0.2) is 37.9 Å². The summed E-state index contributed by atoms with van der Waals surface area (Å²) in [5, 5.41) is 0. The number of hydrogen-bond donors (Lipinski definition) is 1. The highest BCUT2D eigenvalue weighted by atomic mass is 15.1. The lowest BCUT2D eigenvalue weighted by atomic mass is 9.96. The van der Waals surface area contributed by atoms with Gasteiger partial charge in [-0.15, -0.1) is 0 Å². The molecule has 0 spiro atoms. The highest BCUT2D eigenvalue weighted by molar-refractivity contribution is 5.50. The number of aryl methyl sites for hydroxylation is 2. The number of aromatic amines is 1. The van der Waals surface area contributed by atoms with Gasteiger partial charge in [-0.25, -0.2) is 15.0 Å². The van der Waals surface area contributed by atoms with Gasteiger partial charge in [-0.3, -0.25) is 4.90 Å². The molecule has 134 valence electrons. The summed E-state index contributed by atoms with van der Waals surface area (Å²) in [6.07, 6.45) is 4.17. The first-order chi connectivity index (χ1) is 12.7. The molecule has 0 bridgehead atoms. The van der Waals surface area contributed by atoms with E-state index >= 15 is 0 Å². The summed E-state index contributed by atoms with van der Waals surface area (Å²) in [7, 11) is 0. The van der Waals surface area contributed by atoms with E-state index in [0.717, 1.165) is 54.8 Å². The normalized spacial score (nSPS) is 18.2. The molecule has 1 aliphatic heterocycles. The topological polar surface area (TPSA) is 57.7 Å². The Labute approximate surface area is 154 Å². The zero-order chi connectivity index (χ0) is 17.9. The minimum absolute atomic E-state index is 0.377. The lowest BCUT2D eigenvalue weighted by molar-refractivity contribution is 0.196. The molecule has 0 saturated carbocycles. The quantitative estimate of drug-likeness (QED) is 0.778. The van der Waals surface area contributed by atoms with Crippen LogP contribution in [0.3, 0.4) is 0 Å². The summed E-state index contributed by atoms with van der Waals surface area (Å²) in [6, 6.07) is 12.7. The molecule has 1 fully saturated rings. The predicted octanol–water partition coefficient (Wildman–Crippen LogP) is 3.86. The number of piperidine rings is 1. The number of imidazole rings is 1. The number of aromatic nitrogens is 4. The predicted molar refractivity (Wildman–Crippen MR) is 103 cm³/mol. The van der Waals surface area contributed by atoms with Crippen molar-refractivity contribution in [3.8, 4) is 11.5 Å². The van der Waals surface area contributed by atoms with Gasteiger partial charge in [0.2, 0.25) is 0 Å². The molecule has 0 radical (unpaired) electrons. The van der Waals surface area contributed by atoms with Crippen LogP contribution >= 0.6 is 0 Å². The van der Waals surface area contributed by atoms with Gasteiger partial charge in [-0.2, -0.15) is 0 Å². The Kier molecular flexibility index (Phi) is 4.80. The number of benzene rings is 1. The van der Waals surface area contributed by atoms with E-state index in [2.05, 4.69) is 45.2 Å². The van der Waals surface area contributed by atoms with Gasteiger partial charge >= 0.3 is 0 Å². The average molecular weight is 347 g/mol. The van der Waals surface area contributed by atoms with Gasteiger partial charge in [0.05, 0.1) is 0 Å². The van der Waals surface area contributed by atoms with Crippen LogP contribution in [-0.2, 0) is 6.54 Å². The molecule has 0 unspecified atom stereocenters. The fourth-order valence-corrected chi connectivity index (χ4v) is 3.69. The van der Waals surface area contributed by atoms with Crippen LogP contribution in [0.15, 0.2) is 42.6 Å². The Bertz CT molecular complexity index is 871. The molecule has 2 aromatic heterocycles. The minimum atomic E-state index is 0.377. The molecular formula is C21H25N5. The van der Waals surface area contributed by atoms with Gasteiger partial charge in [0.1, 0.15) is 11.5 Å². The van der Waals surface area contributed by atoms with Gasteiger partial charge in [-0.05, 0) is 44.9 Å². The lowest BCUT2D eigenvalue weighted by Crippen LogP contribution is -2.34. The van der Waals surface area contributed by atoms with Crippen molar-refractivity contribution in [2.24, 2.45) is 0 Å². The molecule has 1 atom stereocenters. The Morgan fingerprint density at radius 1 is 1.15 bits per heavy atom. The second kappa shape index (κ2) is 7.38. The molecule has 1 aliphatic rings. The highest BCUT2D eigenvalue weighted by Crippen LogP contribution is 2.27. The first-order valence-corrected chi connectivity index (χ1v) is 9.31. The number of nitrogens with one attached hydrogen (secondary N) is 1. The smallest absolute Gasteiger partial charge is 0.156 e. The maximum atomic E-state index is 4.85. The fourth-order valence-electron chi connectivity index (χ4n) is 3.69. The van der Waals surface area contributed by atoms with Crippen LogP contribution in [0.1, 0.15) is 41.5 Å². The van der Waals surface area contributed by atoms with Crippen LogP contribution in [0.5, 0.6) is 0 Å². The summed E-state index contributed by atoms with van der Waals surface area (Å²) < 4.78 is 0. The van der Waals surface area contributed by atoms with Gasteiger partial charge < -0.3 is 4.98 Å². The van der Waals surface area contributed by atoms with Gasteiger partial charge in [-0.1, -0.05) is 30.3 Å². The monoisotopic (exact) mass is 347 g/mol. The summed E-state index contributed by atoms with van der Waals surface area (Å²) in [4.78, 5) is 19.8. The number of hydrogen-bond acceptors (Lipinski definition) is 4. The molecule has 3 aromatic rings. The van der Waals surface area contributed by atoms with Crippen LogP contribution in [0.2, 0.25) is 0 Å². The van der Waals surface area contributed by atoms with Crippen LogP contribution in [0, 0.1) is 13.8 Å². The first kappa shape index (κ1) is 16.9. The second-order valence-electron chi connectivity index (χ2n) is 7.23. The Morgan fingerprint density at radius 2 is 2.00 bits per heavy atom. The molecule has 5 nitrogen and oxygen atoms in total. The standard InChI is InChI=1S/C21H25N5/c1-15-11-19(21-22-12-16(2)24-21)25-20(23-15)18-9-6-10-26(14-18)13-17-7-4-3-5-8-17/h3-5,7-8,11-12,18H,6,9-10,13-14H2,1-2H3,(H,22,24)/t18-/m1/s1. The van der Waals surface area contributed by atoms with E-state index in [1.54, 1.807) is 0 Å². The van der Waals surface area contributed by atoms with Gasteiger partial charge in [0, 0.05) is 36.6 Å². The van der Waals surface area contributed by atoms with E-state index in [0.29, 0.717) is 5.92 Å². The number of likely N-dealkylation sites (tertiary alicyclic amines) is 1. The Balaban J connectivity index is 1.54. The van der Waals surface area contributed by atoms with Crippen molar-refractivity contribution in [3.63, 3.8) is 0 Å². The number of nitrogens with zero attached hydrogens (tertiary/aromatic N) is 4. The van der Waals surface area contributed by atoms with E-state index in [1.807, 2.05) is 26.1 Å². The summed E-state index contributed by atoms with van der Waals surface area (Å²) in [5.41, 5.74) is 4.30. The molecule has 1 aromatic carbocycles. The Hall–Kier alpha value is -2.53. The number of rotatable bonds is 4. The maximum Gasteiger partial charge on any atom is 0.156 e. The summed E-state index contributed by atoms with van der Waals surface area (Å²) in [6.45, 7) is 7.19. The van der Waals surface area contributed by atoms with Crippen molar-refractivity contribution in [1.29, 1.82) is 0 Å². The first-order valence-electron chi connectivity index (χ1n) is 9.31. The third kappa shape index (κ3) is 3.83. The average Bonchev–Trinajstić information content (AvgIpc) is 3.09. The van der Waals surface area contributed by atoms with Crippen molar-refractivity contribution >= 4 is 0 Å². The second-order valence-corrected chi connectivity index (χ2v) is 7.23. The van der Waals surface area contributed by atoms with E-state index in [4.69, 9.17) is 9.97 Å². The molecule has 0 amide bonds. The largest absolute Gasteiger partial charge is 0.341 e. The third-order valence-corrected chi connectivity index (χ3v) is 4.94. The van der Waals surface area contributed by atoms with Crippen molar-refractivity contribution in [3.05, 3.63) is 65.4 Å². The lowest BCUT2D eigenvalue weighted by Gasteiger charge is -2.32. The zero-order valence-electron chi connectivity index (χ0n) is 15.4. The van der Waals surface area contributed by atoms with Crippen LogP contribution in [0.25, 0.3) is 11.5 Å². The van der Waals surface area contributed by atoms with E-state index in [1.165, 1.54) is 12.0 Å². The SMILES string of the molecule is Cc1cc(-c2ncc(C)[nH]2)nc([C@@H]2CCCN(Cc3ccccc3)C2)n1. The molecule has 0 aliphatic carbocycles. The van der Waals surface area contributed by atoms with E-state index in [-0.39, 0.29) is 0 Å². The molecule has 26 heavy (non-hydrogen) atoms. The molecule has 5 heteroatoms. The molecule has 4 rings (SSSR count). The molecular weight excluding hydrogens is 322 g/mol. The Morgan fingerprint density at radius 3 is 2.77 bits per heavy atom. The molecule has 1 N–H and O–H groups in total. The molecule has 3 heterocycles. The summed E-state index contributed by atoms with van der Waals surface area (Å²) >= 11 is 0. The minimum Gasteiger partial charge on any atom is -0.341 e. The highest BCUT2D eigenvalue weighted by Gasteiger charge is 2.24. The third-order valence-electron chi connectivity index (χ3n) is 4.94.